The summed E-state index contributed by atoms with van der Waals surface area (Å²) in [5, 5.41) is 11.0. The largest absolute Gasteiger partial charge is 0.450 e. The van der Waals surface area contributed by atoms with Crippen LogP contribution in [0.15, 0.2) is 40.9 Å². The van der Waals surface area contributed by atoms with Crippen LogP contribution in [0.4, 0.5) is 5.69 Å². The Bertz CT molecular complexity index is 661. The first kappa shape index (κ1) is 14.8. The van der Waals surface area contributed by atoms with Crippen molar-refractivity contribution in [2.75, 3.05) is 0 Å². The van der Waals surface area contributed by atoms with Gasteiger partial charge >= 0.3 is 5.69 Å². The fourth-order valence-corrected chi connectivity index (χ4v) is 2.62. The average molecular weight is 357 g/mol. The summed E-state index contributed by atoms with van der Waals surface area (Å²) in [6, 6.07) is 10.1. The highest BCUT2D eigenvalue weighted by molar-refractivity contribution is 9.10. The van der Waals surface area contributed by atoms with Gasteiger partial charge in [-0.15, -0.1) is 11.6 Å². The first-order valence-electron chi connectivity index (χ1n) is 5.79. The standard InChI is InChI=1S/C14H11BrClNO3/c1-9-3-2-4-13(17(18)19)14(9)20-11-6-5-10(8-16)12(15)7-11/h2-7H,8H2,1H3. The van der Waals surface area contributed by atoms with Crippen LogP contribution >= 0.6 is 27.5 Å². The van der Waals surface area contributed by atoms with E-state index in [0.29, 0.717) is 17.2 Å². The molecule has 0 aliphatic rings. The number of nitrogens with zero attached hydrogens (tertiary/aromatic N) is 1. The molecule has 0 radical (unpaired) electrons. The zero-order valence-corrected chi connectivity index (χ0v) is 12.9. The highest BCUT2D eigenvalue weighted by Crippen LogP contribution is 2.35. The lowest BCUT2D eigenvalue weighted by Crippen LogP contribution is -1.96. The summed E-state index contributed by atoms with van der Waals surface area (Å²) in [6.07, 6.45) is 0. The molecule has 2 rings (SSSR count). The lowest BCUT2D eigenvalue weighted by atomic mass is 10.2. The fraction of sp³-hybridized carbons (Fsp3) is 0.143. The van der Waals surface area contributed by atoms with Gasteiger partial charge in [0.2, 0.25) is 5.75 Å². The molecule has 0 aliphatic carbocycles. The van der Waals surface area contributed by atoms with Gasteiger partial charge in [-0.05, 0) is 30.2 Å². The molecule has 0 saturated heterocycles. The molecule has 0 amide bonds. The van der Waals surface area contributed by atoms with Crippen molar-refractivity contribution in [3.05, 3.63) is 62.1 Å². The number of rotatable bonds is 4. The van der Waals surface area contributed by atoms with Crippen molar-refractivity contribution in [1.29, 1.82) is 0 Å². The van der Waals surface area contributed by atoms with Gasteiger partial charge in [0, 0.05) is 16.4 Å². The summed E-state index contributed by atoms with van der Waals surface area (Å²) in [5.74, 6) is 1.15. The van der Waals surface area contributed by atoms with Gasteiger partial charge in [-0.3, -0.25) is 10.1 Å². The Hall–Kier alpha value is -1.59. The van der Waals surface area contributed by atoms with Crippen LogP contribution in [-0.2, 0) is 5.88 Å². The number of ether oxygens (including phenoxy) is 1. The lowest BCUT2D eigenvalue weighted by Gasteiger charge is -2.10. The normalized spacial score (nSPS) is 10.3. The quantitative estimate of drug-likeness (QED) is 0.430. The molecule has 2 aromatic rings. The SMILES string of the molecule is Cc1cccc([N+](=O)[O-])c1Oc1ccc(CCl)c(Br)c1. The monoisotopic (exact) mass is 355 g/mol. The van der Waals surface area contributed by atoms with E-state index in [1.165, 1.54) is 6.07 Å². The molecule has 2 aromatic carbocycles. The predicted molar refractivity (Wildman–Crippen MR) is 81.6 cm³/mol. The van der Waals surface area contributed by atoms with Crippen LogP contribution in [-0.4, -0.2) is 4.92 Å². The van der Waals surface area contributed by atoms with Gasteiger partial charge < -0.3 is 4.74 Å². The molecule has 0 N–H and O–H groups in total. The number of hydrogen-bond acceptors (Lipinski definition) is 3. The summed E-state index contributed by atoms with van der Waals surface area (Å²) in [7, 11) is 0. The second-order valence-corrected chi connectivity index (χ2v) is 5.29. The molecule has 0 heterocycles. The summed E-state index contributed by atoms with van der Waals surface area (Å²) in [4.78, 5) is 10.6. The number of nitro groups is 1. The minimum atomic E-state index is -0.454. The molecule has 104 valence electrons. The molecule has 0 unspecified atom stereocenters. The molecule has 0 saturated carbocycles. The first-order valence-corrected chi connectivity index (χ1v) is 7.12. The van der Waals surface area contributed by atoms with Crippen LogP contribution in [0, 0.1) is 17.0 Å². The van der Waals surface area contributed by atoms with E-state index in [-0.39, 0.29) is 11.4 Å². The third-order valence-corrected chi connectivity index (χ3v) is 3.80. The topological polar surface area (TPSA) is 52.4 Å². The minimum absolute atomic E-state index is 0.0532. The molecule has 4 nitrogen and oxygen atoms in total. The Morgan fingerprint density at radius 1 is 1.35 bits per heavy atom. The van der Waals surface area contributed by atoms with Crippen LogP contribution in [0.3, 0.4) is 0 Å². The maximum absolute atomic E-state index is 11.0. The fourth-order valence-electron chi connectivity index (χ4n) is 1.73. The van der Waals surface area contributed by atoms with Gasteiger partial charge in [0.25, 0.3) is 0 Å². The van der Waals surface area contributed by atoms with Crippen LogP contribution in [0.5, 0.6) is 11.5 Å². The Labute approximate surface area is 129 Å². The number of halogens is 2. The van der Waals surface area contributed by atoms with Crippen molar-refractivity contribution >= 4 is 33.2 Å². The molecule has 20 heavy (non-hydrogen) atoms. The van der Waals surface area contributed by atoms with E-state index in [0.717, 1.165) is 10.0 Å². The van der Waals surface area contributed by atoms with Gasteiger partial charge in [-0.25, -0.2) is 0 Å². The van der Waals surface area contributed by atoms with Crippen LogP contribution in [0.2, 0.25) is 0 Å². The summed E-state index contributed by atoms with van der Waals surface area (Å²) >= 11 is 9.16. The Kier molecular flexibility index (Phi) is 4.62. The van der Waals surface area contributed by atoms with Crippen molar-refractivity contribution in [1.82, 2.24) is 0 Å². The molecule has 0 spiro atoms. The van der Waals surface area contributed by atoms with Crippen molar-refractivity contribution in [2.24, 2.45) is 0 Å². The van der Waals surface area contributed by atoms with Gasteiger partial charge in [0.15, 0.2) is 0 Å². The predicted octanol–water partition coefficient (Wildman–Crippen LogP) is 5.20. The first-order chi connectivity index (χ1) is 9.52. The van der Waals surface area contributed by atoms with Crippen LogP contribution in [0.1, 0.15) is 11.1 Å². The van der Waals surface area contributed by atoms with E-state index >= 15 is 0 Å². The van der Waals surface area contributed by atoms with E-state index in [1.807, 2.05) is 6.07 Å². The van der Waals surface area contributed by atoms with E-state index in [1.54, 1.807) is 31.2 Å². The molecule has 0 atom stereocenters. The minimum Gasteiger partial charge on any atom is -0.450 e. The number of nitro benzene ring substituents is 1. The van der Waals surface area contributed by atoms with Crippen molar-refractivity contribution < 1.29 is 9.66 Å². The average Bonchev–Trinajstić information content (AvgIpc) is 2.41. The summed E-state index contributed by atoms with van der Waals surface area (Å²) in [5.41, 5.74) is 1.58. The molecule has 6 heteroatoms. The number of hydrogen-bond donors (Lipinski definition) is 0. The molecule has 0 aromatic heterocycles. The van der Waals surface area contributed by atoms with E-state index in [9.17, 15) is 10.1 Å². The molecule has 0 aliphatic heterocycles. The second-order valence-electron chi connectivity index (χ2n) is 4.17. The number of alkyl halides is 1. The van der Waals surface area contributed by atoms with Crippen LogP contribution in [0.25, 0.3) is 0 Å². The Morgan fingerprint density at radius 2 is 2.10 bits per heavy atom. The maximum Gasteiger partial charge on any atom is 0.311 e. The van der Waals surface area contributed by atoms with Gasteiger partial charge in [-0.2, -0.15) is 0 Å². The Morgan fingerprint density at radius 3 is 2.70 bits per heavy atom. The van der Waals surface area contributed by atoms with Gasteiger partial charge in [0.05, 0.1) is 4.92 Å². The van der Waals surface area contributed by atoms with Crippen molar-refractivity contribution in [2.45, 2.75) is 12.8 Å². The molecular formula is C14H11BrClNO3. The third-order valence-electron chi connectivity index (χ3n) is 2.78. The lowest BCUT2D eigenvalue weighted by molar-refractivity contribution is -0.385. The summed E-state index contributed by atoms with van der Waals surface area (Å²) < 4.78 is 6.47. The molecule has 0 bridgehead atoms. The van der Waals surface area contributed by atoms with Crippen molar-refractivity contribution in [3.63, 3.8) is 0 Å². The summed E-state index contributed by atoms with van der Waals surface area (Å²) in [6.45, 7) is 1.77. The van der Waals surface area contributed by atoms with E-state index < -0.39 is 4.92 Å². The second kappa shape index (κ2) is 6.24. The highest BCUT2D eigenvalue weighted by Gasteiger charge is 2.18. The van der Waals surface area contributed by atoms with E-state index in [2.05, 4.69) is 15.9 Å². The van der Waals surface area contributed by atoms with E-state index in [4.69, 9.17) is 16.3 Å². The van der Waals surface area contributed by atoms with Gasteiger partial charge in [0.1, 0.15) is 5.75 Å². The number of para-hydroxylation sites is 1. The Balaban J connectivity index is 2.39. The third kappa shape index (κ3) is 3.11. The van der Waals surface area contributed by atoms with Crippen LogP contribution < -0.4 is 4.74 Å². The number of benzene rings is 2. The highest BCUT2D eigenvalue weighted by atomic mass is 79.9. The molecule has 0 fully saturated rings. The number of aryl methyl sites for hydroxylation is 1. The smallest absolute Gasteiger partial charge is 0.311 e. The zero-order chi connectivity index (χ0) is 14.7. The zero-order valence-electron chi connectivity index (χ0n) is 10.6. The maximum atomic E-state index is 11.0. The van der Waals surface area contributed by atoms with Crippen molar-refractivity contribution in [3.8, 4) is 11.5 Å². The molecular weight excluding hydrogens is 346 g/mol. The van der Waals surface area contributed by atoms with Gasteiger partial charge in [-0.1, -0.05) is 34.1 Å².